The Kier molecular flexibility index (Phi) is 6.02. The van der Waals surface area contributed by atoms with E-state index >= 15 is 0 Å². The summed E-state index contributed by atoms with van der Waals surface area (Å²) in [4.78, 5) is 23.6. The normalized spacial score (nSPS) is 11.9. The topological polar surface area (TPSA) is 90.7 Å². The van der Waals surface area contributed by atoms with E-state index in [-0.39, 0.29) is 17.2 Å². The van der Waals surface area contributed by atoms with Gasteiger partial charge in [0.25, 0.3) is 5.91 Å². The molecule has 3 N–H and O–H groups in total. The zero-order valence-electron chi connectivity index (χ0n) is 12.8. The minimum absolute atomic E-state index is 0.231. The number of nitrogen functional groups attached to an aromatic ring is 1. The van der Waals surface area contributed by atoms with Crippen LogP contribution >= 0.6 is 0 Å². The van der Waals surface area contributed by atoms with Crippen molar-refractivity contribution in [3.05, 3.63) is 23.8 Å². The Morgan fingerprint density at radius 1 is 1.29 bits per heavy atom. The number of anilines is 1. The Morgan fingerprint density at radius 2 is 1.95 bits per heavy atom. The maximum atomic E-state index is 11.9. The van der Waals surface area contributed by atoms with E-state index in [1.807, 2.05) is 13.8 Å². The highest BCUT2D eigenvalue weighted by molar-refractivity contribution is 5.93. The first-order valence-corrected chi connectivity index (χ1v) is 6.77. The molecule has 0 saturated heterocycles. The minimum Gasteiger partial charge on any atom is -0.480 e. The van der Waals surface area contributed by atoms with Gasteiger partial charge in [0.15, 0.2) is 6.10 Å². The molecule has 1 unspecified atom stereocenters. The second-order valence-electron chi connectivity index (χ2n) is 5.15. The molecule has 1 aromatic carbocycles. The van der Waals surface area contributed by atoms with Crippen molar-refractivity contribution < 1.29 is 19.1 Å². The molecule has 21 heavy (non-hydrogen) atoms. The molecule has 6 nitrogen and oxygen atoms in total. The van der Waals surface area contributed by atoms with Crippen molar-refractivity contribution >= 4 is 17.6 Å². The van der Waals surface area contributed by atoms with E-state index in [1.165, 1.54) is 19.2 Å². The average molecular weight is 294 g/mol. The van der Waals surface area contributed by atoms with E-state index in [2.05, 4.69) is 10.1 Å². The van der Waals surface area contributed by atoms with Crippen LogP contribution in [0.3, 0.4) is 0 Å². The SMILES string of the molecule is COC(=O)c1ccc(N)cc1OC(C)C(=O)NCC(C)C. The van der Waals surface area contributed by atoms with E-state index in [0.29, 0.717) is 18.2 Å². The number of methoxy groups -OCH3 is 1. The lowest BCUT2D eigenvalue weighted by atomic mass is 10.2. The molecule has 1 aromatic rings. The average Bonchev–Trinajstić information content (AvgIpc) is 2.43. The summed E-state index contributed by atoms with van der Waals surface area (Å²) in [5, 5.41) is 2.77. The first-order chi connectivity index (χ1) is 9.85. The molecule has 0 aliphatic carbocycles. The number of hydrogen-bond donors (Lipinski definition) is 2. The van der Waals surface area contributed by atoms with Crippen LogP contribution in [-0.2, 0) is 9.53 Å². The highest BCUT2D eigenvalue weighted by Crippen LogP contribution is 2.23. The van der Waals surface area contributed by atoms with Crippen molar-refractivity contribution in [2.45, 2.75) is 26.9 Å². The molecule has 1 atom stereocenters. The zero-order valence-corrected chi connectivity index (χ0v) is 12.8. The van der Waals surface area contributed by atoms with Crippen LogP contribution in [0.5, 0.6) is 5.75 Å². The summed E-state index contributed by atoms with van der Waals surface area (Å²) in [6.07, 6.45) is -0.742. The van der Waals surface area contributed by atoms with Crippen LogP contribution in [-0.4, -0.2) is 31.6 Å². The third-order valence-electron chi connectivity index (χ3n) is 2.77. The Balaban J connectivity index is 2.83. The number of ether oxygens (including phenoxy) is 2. The van der Waals surface area contributed by atoms with Crippen LogP contribution in [0.4, 0.5) is 5.69 Å². The Hall–Kier alpha value is -2.24. The largest absolute Gasteiger partial charge is 0.480 e. The van der Waals surface area contributed by atoms with Gasteiger partial charge in [0.2, 0.25) is 0 Å². The maximum Gasteiger partial charge on any atom is 0.341 e. The second-order valence-corrected chi connectivity index (χ2v) is 5.15. The smallest absolute Gasteiger partial charge is 0.341 e. The molecular formula is C15H22N2O4. The van der Waals surface area contributed by atoms with Crippen molar-refractivity contribution in [1.29, 1.82) is 0 Å². The molecule has 0 heterocycles. The van der Waals surface area contributed by atoms with Gasteiger partial charge >= 0.3 is 5.97 Å². The number of nitrogens with one attached hydrogen (secondary N) is 1. The van der Waals surface area contributed by atoms with Crippen molar-refractivity contribution in [3.8, 4) is 5.75 Å². The molecule has 0 fully saturated rings. The van der Waals surface area contributed by atoms with Crippen molar-refractivity contribution in [3.63, 3.8) is 0 Å². The zero-order chi connectivity index (χ0) is 16.0. The highest BCUT2D eigenvalue weighted by Gasteiger charge is 2.19. The highest BCUT2D eigenvalue weighted by atomic mass is 16.5. The Bertz CT molecular complexity index is 514. The minimum atomic E-state index is -0.742. The summed E-state index contributed by atoms with van der Waals surface area (Å²) in [7, 11) is 1.28. The molecule has 1 rings (SSSR count). The van der Waals surface area contributed by atoms with Crippen molar-refractivity contribution in [2.75, 3.05) is 19.4 Å². The van der Waals surface area contributed by atoms with Gasteiger partial charge < -0.3 is 20.5 Å². The molecule has 6 heteroatoms. The van der Waals surface area contributed by atoms with Crippen LogP contribution < -0.4 is 15.8 Å². The Morgan fingerprint density at radius 3 is 2.52 bits per heavy atom. The fourth-order valence-electron chi connectivity index (χ4n) is 1.61. The quantitative estimate of drug-likeness (QED) is 0.614. The van der Waals surface area contributed by atoms with Gasteiger partial charge in [0.1, 0.15) is 11.3 Å². The van der Waals surface area contributed by atoms with Crippen LogP contribution in [0.1, 0.15) is 31.1 Å². The van der Waals surface area contributed by atoms with E-state index in [1.54, 1.807) is 13.0 Å². The molecule has 0 spiro atoms. The number of hydrogen-bond acceptors (Lipinski definition) is 5. The van der Waals surface area contributed by atoms with Gasteiger partial charge in [-0.1, -0.05) is 13.8 Å². The lowest BCUT2D eigenvalue weighted by Gasteiger charge is -2.17. The predicted octanol–water partition coefficient (Wildman–Crippen LogP) is 1.59. The van der Waals surface area contributed by atoms with Crippen LogP contribution in [0.2, 0.25) is 0 Å². The van der Waals surface area contributed by atoms with Gasteiger partial charge in [-0.05, 0) is 25.0 Å². The summed E-state index contributed by atoms with van der Waals surface area (Å²) in [6.45, 7) is 6.17. The number of carbonyl (C=O) groups excluding carboxylic acids is 2. The molecule has 0 radical (unpaired) electrons. The third-order valence-corrected chi connectivity index (χ3v) is 2.77. The Labute approximate surface area is 124 Å². The molecule has 0 aliphatic rings. The fourth-order valence-corrected chi connectivity index (χ4v) is 1.61. The van der Waals surface area contributed by atoms with Crippen LogP contribution in [0, 0.1) is 5.92 Å². The summed E-state index contributed by atoms with van der Waals surface area (Å²) < 4.78 is 10.2. The lowest BCUT2D eigenvalue weighted by Crippen LogP contribution is -2.38. The first kappa shape index (κ1) is 16.8. The summed E-state index contributed by atoms with van der Waals surface area (Å²) in [5.74, 6) is -0.213. The maximum absolute atomic E-state index is 11.9. The molecule has 0 saturated carbocycles. The monoisotopic (exact) mass is 294 g/mol. The van der Waals surface area contributed by atoms with Gasteiger partial charge in [-0.15, -0.1) is 0 Å². The molecular weight excluding hydrogens is 272 g/mol. The fraction of sp³-hybridized carbons (Fsp3) is 0.467. The van der Waals surface area contributed by atoms with Crippen molar-refractivity contribution in [2.24, 2.45) is 5.92 Å². The first-order valence-electron chi connectivity index (χ1n) is 6.77. The number of benzene rings is 1. The van der Waals surface area contributed by atoms with Gasteiger partial charge in [0, 0.05) is 18.3 Å². The number of amides is 1. The number of esters is 1. The van der Waals surface area contributed by atoms with E-state index in [9.17, 15) is 9.59 Å². The summed E-state index contributed by atoms with van der Waals surface area (Å²) >= 11 is 0. The number of rotatable bonds is 6. The van der Waals surface area contributed by atoms with Gasteiger partial charge in [-0.25, -0.2) is 4.79 Å². The van der Waals surface area contributed by atoms with Crippen LogP contribution in [0.25, 0.3) is 0 Å². The second kappa shape index (κ2) is 7.52. The molecule has 1 amide bonds. The van der Waals surface area contributed by atoms with E-state index in [0.717, 1.165) is 0 Å². The lowest BCUT2D eigenvalue weighted by molar-refractivity contribution is -0.127. The number of carbonyl (C=O) groups is 2. The standard InChI is InChI=1S/C15H22N2O4/c1-9(2)8-17-14(18)10(3)21-13-7-11(16)5-6-12(13)15(19)20-4/h5-7,9-10H,8,16H2,1-4H3,(H,17,18). The predicted molar refractivity (Wildman–Crippen MR) is 80.1 cm³/mol. The van der Waals surface area contributed by atoms with Crippen LogP contribution in [0.15, 0.2) is 18.2 Å². The van der Waals surface area contributed by atoms with Gasteiger partial charge in [-0.3, -0.25) is 4.79 Å². The summed E-state index contributed by atoms with van der Waals surface area (Å²) in [5.41, 5.74) is 6.36. The summed E-state index contributed by atoms with van der Waals surface area (Å²) in [6, 6.07) is 4.58. The molecule has 116 valence electrons. The van der Waals surface area contributed by atoms with Gasteiger partial charge in [0.05, 0.1) is 7.11 Å². The van der Waals surface area contributed by atoms with Gasteiger partial charge in [-0.2, -0.15) is 0 Å². The number of nitrogens with two attached hydrogens (primary N) is 1. The molecule has 0 aliphatic heterocycles. The molecule has 0 bridgehead atoms. The molecule has 0 aromatic heterocycles. The van der Waals surface area contributed by atoms with Crippen molar-refractivity contribution in [1.82, 2.24) is 5.32 Å². The van der Waals surface area contributed by atoms with E-state index < -0.39 is 12.1 Å². The van der Waals surface area contributed by atoms with E-state index in [4.69, 9.17) is 10.5 Å². The third kappa shape index (κ3) is 4.98.